The van der Waals surface area contributed by atoms with Crippen LogP contribution in [0.15, 0.2) is 11.8 Å². The lowest BCUT2D eigenvalue weighted by molar-refractivity contribution is -0.357. The molecule has 0 spiro atoms. The van der Waals surface area contributed by atoms with Crippen LogP contribution in [0.5, 0.6) is 28.7 Å². The Kier molecular flexibility index (Phi) is 29.6. The lowest BCUT2D eigenvalue weighted by atomic mass is 10.0. The van der Waals surface area contributed by atoms with Gasteiger partial charge in [0.05, 0.1) is 52.9 Å². The van der Waals surface area contributed by atoms with Crippen LogP contribution in [0, 0.1) is 0 Å². The van der Waals surface area contributed by atoms with Gasteiger partial charge < -0.3 is 42.6 Å². The van der Waals surface area contributed by atoms with Crippen LogP contribution in [0.2, 0.25) is 0 Å². The predicted molar refractivity (Wildman–Crippen MR) is 222 cm³/mol. The minimum atomic E-state index is -1.86. The van der Waals surface area contributed by atoms with Gasteiger partial charge in [0.15, 0.2) is 17.1 Å². The van der Waals surface area contributed by atoms with E-state index in [0.717, 1.165) is 115 Å². The van der Waals surface area contributed by atoms with Crippen LogP contribution in [0.1, 0.15) is 177 Å². The summed E-state index contributed by atoms with van der Waals surface area (Å²) in [6, 6.07) is 0. The van der Waals surface area contributed by atoms with Crippen molar-refractivity contribution >= 4 is 5.97 Å². The van der Waals surface area contributed by atoms with E-state index in [4.69, 9.17) is 42.6 Å². The third-order valence-corrected chi connectivity index (χ3v) is 8.78. The minimum Gasteiger partial charge on any atom is -0.500 e. The molecule has 320 valence electrons. The maximum Gasteiger partial charge on any atom is 0.351 e. The molecule has 0 heterocycles. The van der Waals surface area contributed by atoms with Crippen LogP contribution in [-0.2, 0) is 30.2 Å². The van der Waals surface area contributed by atoms with E-state index in [-0.39, 0.29) is 11.3 Å². The molecule has 0 amide bonds. The highest BCUT2D eigenvalue weighted by atomic mass is 16.9. The molecule has 0 aromatic heterocycles. The fraction of sp³-hybridized carbons (Fsp3) is 0.800. The first-order chi connectivity index (χ1) is 26.9. The molecule has 0 saturated carbocycles. The number of hydrogen-bond acceptors (Lipinski definition) is 10. The third kappa shape index (κ3) is 18.4. The van der Waals surface area contributed by atoms with Crippen molar-refractivity contribution in [3.63, 3.8) is 0 Å². The summed E-state index contributed by atoms with van der Waals surface area (Å²) in [7, 11) is 0. The van der Waals surface area contributed by atoms with Gasteiger partial charge in [0, 0.05) is 5.56 Å². The van der Waals surface area contributed by atoms with Crippen LogP contribution in [-0.4, -0.2) is 64.8 Å². The van der Waals surface area contributed by atoms with E-state index in [9.17, 15) is 0 Å². The van der Waals surface area contributed by atoms with Gasteiger partial charge in [0.2, 0.25) is 17.2 Å². The molecule has 1 aromatic rings. The van der Waals surface area contributed by atoms with E-state index >= 15 is 4.79 Å². The molecule has 10 heteroatoms. The molecule has 1 rings (SSSR count). The Hall–Kier alpha value is -2.69. The van der Waals surface area contributed by atoms with Gasteiger partial charge in [0.1, 0.15) is 6.26 Å². The summed E-state index contributed by atoms with van der Waals surface area (Å²) < 4.78 is 58.4. The molecular weight excluding hydrogens is 700 g/mol. The molecule has 0 radical (unpaired) electrons. The van der Waals surface area contributed by atoms with Gasteiger partial charge in [-0.3, -0.25) is 0 Å². The van der Waals surface area contributed by atoms with E-state index in [1.54, 1.807) is 0 Å². The minimum absolute atomic E-state index is 0.0227. The topological polar surface area (TPSA) is 100 Å². The van der Waals surface area contributed by atoms with Crippen LogP contribution in [0.25, 0.3) is 0 Å². The number of carbonyl (C=O) groups is 1. The Bertz CT molecular complexity index is 1080. The Morgan fingerprint density at radius 1 is 0.436 bits per heavy atom. The Balaban J connectivity index is 4.28. The standard InChI is InChI=1S/C45H80O10/c1-10-19-28-47-36-38(45(52-33-24-15-6,53-34-25-16-7)54-35-26-17-8)44(46)55-43-41(50-31-22-13-4)39(48-29-20-11-2)37(27-18-9)40(49-30-21-12-3)42(43)51-32-23-14-5/h36H,10-35H2,1-9H3. The zero-order valence-electron chi connectivity index (χ0n) is 36.5. The van der Waals surface area contributed by atoms with Crippen molar-refractivity contribution in [2.24, 2.45) is 0 Å². The largest absolute Gasteiger partial charge is 0.500 e. The Labute approximate surface area is 335 Å². The molecule has 0 N–H and O–H groups in total. The summed E-state index contributed by atoms with van der Waals surface area (Å²) in [5.74, 6) is -0.799. The van der Waals surface area contributed by atoms with Crippen LogP contribution >= 0.6 is 0 Å². The molecule has 55 heavy (non-hydrogen) atoms. The van der Waals surface area contributed by atoms with Crippen LogP contribution < -0.4 is 23.7 Å². The number of unbranched alkanes of at least 4 members (excludes halogenated alkanes) is 8. The average Bonchev–Trinajstić information content (AvgIpc) is 3.18. The normalized spacial score (nSPS) is 11.8. The highest BCUT2D eigenvalue weighted by molar-refractivity contribution is 5.93. The smallest absolute Gasteiger partial charge is 0.351 e. The summed E-state index contributed by atoms with van der Waals surface area (Å²) in [4.78, 5) is 15.0. The molecule has 0 aliphatic rings. The molecule has 0 atom stereocenters. The van der Waals surface area contributed by atoms with Crippen molar-refractivity contribution in [1.29, 1.82) is 0 Å². The number of ether oxygens (including phenoxy) is 9. The van der Waals surface area contributed by atoms with Crippen molar-refractivity contribution in [3.8, 4) is 28.7 Å². The summed E-state index contributed by atoms with van der Waals surface area (Å²) in [5, 5.41) is 0. The summed E-state index contributed by atoms with van der Waals surface area (Å²) >= 11 is 0. The van der Waals surface area contributed by atoms with E-state index in [1.807, 2.05) is 0 Å². The first-order valence-electron chi connectivity index (χ1n) is 22.1. The Morgan fingerprint density at radius 3 is 1.15 bits per heavy atom. The Morgan fingerprint density at radius 2 is 0.782 bits per heavy atom. The van der Waals surface area contributed by atoms with Gasteiger partial charge in [-0.25, -0.2) is 4.79 Å². The van der Waals surface area contributed by atoms with Crippen molar-refractivity contribution in [1.82, 2.24) is 0 Å². The SMILES string of the molecule is CCCCOC=C(C(=O)Oc1c(OCCCC)c(OCCCC)c(CCC)c(OCCCC)c1OCCCC)C(OCCCC)(OCCCC)OCCCC. The van der Waals surface area contributed by atoms with Crippen LogP contribution in [0.3, 0.4) is 0 Å². The zero-order valence-corrected chi connectivity index (χ0v) is 36.5. The van der Waals surface area contributed by atoms with Crippen LogP contribution in [0.4, 0.5) is 0 Å². The second kappa shape index (κ2) is 32.4. The molecule has 0 saturated heterocycles. The third-order valence-electron chi connectivity index (χ3n) is 8.78. The van der Waals surface area contributed by atoms with Gasteiger partial charge in [-0.2, -0.15) is 0 Å². The van der Waals surface area contributed by atoms with Gasteiger partial charge >= 0.3 is 11.9 Å². The number of esters is 1. The van der Waals surface area contributed by atoms with Crippen molar-refractivity contribution in [2.45, 2.75) is 184 Å². The maximum atomic E-state index is 15.0. The molecule has 0 aliphatic heterocycles. The molecule has 0 unspecified atom stereocenters. The second-order valence-corrected chi connectivity index (χ2v) is 14.0. The van der Waals surface area contributed by atoms with Gasteiger partial charge in [-0.1, -0.05) is 120 Å². The average molecular weight is 781 g/mol. The maximum absolute atomic E-state index is 15.0. The highest BCUT2D eigenvalue weighted by Crippen LogP contribution is 2.55. The molecule has 0 aliphatic carbocycles. The van der Waals surface area contributed by atoms with Crippen molar-refractivity contribution in [2.75, 3.05) is 52.9 Å². The lowest BCUT2D eigenvalue weighted by Crippen LogP contribution is -2.46. The highest BCUT2D eigenvalue weighted by Gasteiger charge is 2.45. The van der Waals surface area contributed by atoms with E-state index < -0.39 is 11.9 Å². The lowest BCUT2D eigenvalue weighted by Gasteiger charge is -2.34. The van der Waals surface area contributed by atoms with Gasteiger partial charge in [-0.05, 0) is 57.8 Å². The summed E-state index contributed by atoms with van der Waals surface area (Å²) in [6.07, 6.45) is 16.6. The van der Waals surface area contributed by atoms with E-state index in [0.29, 0.717) is 82.3 Å². The monoisotopic (exact) mass is 781 g/mol. The summed E-state index contributed by atoms with van der Waals surface area (Å²) in [5.41, 5.74) is 0.833. The molecular formula is C45H80O10. The first-order valence-corrected chi connectivity index (χ1v) is 22.1. The molecule has 1 aromatic carbocycles. The predicted octanol–water partition coefficient (Wildman–Crippen LogP) is 12.1. The van der Waals surface area contributed by atoms with Gasteiger partial charge in [0.25, 0.3) is 0 Å². The van der Waals surface area contributed by atoms with Crippen molar-refractivity contribution in [3.05, 3.63) is 17.4 Å². The number of rotatable bonds is 37. The quantitative estimate of drug-likeness (QED) is 0.0162. The van der Waals surface area contributed by atoms with Gasteiger partial charge in [-0.15, -0.1) is 0 Å². The number of benzene rings is 1. The fourth-order valence-electron chi connectivity index (χ4n) is 5.27. The summed E-state index contributed by atoms with van der Waals surface area (Å²) in [6.45, 7) is 22.0. The fourth-order valence-corrected chi connectivity index (χ4v) is 5.27. The molecule has 0 fully saturated rings. The molecule has 0 bridgehead atoms. The van der Waals surface area contributed by atoms with Crippen molar-refractivity contribution < 1.29 is 47.4 Å². The second-order valence-electron chi connectivity index (χ2n) is 14.0. The first kappa shape index (κ1) is 50.3. The van der Waals surface area contributed by atoms with E-state index in [2.05, 4.69) is 62.3 Å². The molecule has 10 nitrogen and oxygen atoms in total. The van der Waals surface area contributed by atoms with E-state index in [1.165, 1.54) is 6.26 Å². The number of carbonyl (C=O) groups excluding carboxylic acids is 1. The zero-order chi connectivity index (χ0) is 40.6. The number of hydrogen-bond donors (Lipinski definition) is 0.